The first-order valence-electron chi connectivity index (χ1n) is 16.1. The number of ether oxygens (including phenoxy) is 1. The van der Waals surface area contributed by atoms with E-state index in [1.807, 2.05) is 13.0 Å². The second kappa shape index (κ2) is 13.4. The van der Waals surface area contributed by atoms with Crippen LogP contribution in [0.25, 0.3) is 0 Å². The van der Waals surface area contributed by atoms with Gasteiger partial charge in [0.15, 0.2) is 12.4 Å². The first-order valence-corrected chi connectivity index (χ1v) is 17.7. The zero-order valence-corrected chi connectivity index (χ0v) is 27.6. The summed E-state index contributed by atoms with van der Waals surface area (Å²) in [6, 6.07) is 0. The van der Waals surface area contributed by atoms with Gasteiger partial charge in [-0.2, -0.15) is 0 Å². The Hall–Kier alpha value is -2.41. The fraction of sp³-hybridized carbons (Fsp3) is 0.758. The van der Waals surface area contributed by atoms with Crippen molar-refractivity contribution >= 4 is 33.6 Å². The average molecular weight is 651 g/mol. The van der Waals surface area contributed by atoms with E-state index in [-0.39, 0.29) is 67.6 Å². The molecule has 4 aliphatic carbocycles. The molecular formula is C33H48NO10S-. The summed E-state index contributed by atoms with van der Waals surface area (Å²) < 4.78 is 37.5. The number of nitrogens with zero attached hydrogens (tertiary/aromatic N) is 1. The minimum Gasteiger partial charge on any atom is -0.748 e. The Morgan fingerprint density at radius 3 is 2.47 bits per heavy atom. The number of Topliss-reactive ketones (excluding diaryl/α,β-unsaturated/α-hetero) is 1. The highest BCUT2D eigenvalue weighted by Crippen LogP contribution is 2.67. The molecule has 45 heavy (non-hydrogen) atoms. The molecule has 3 fully saturated rings. The highest BCUT2D eigenvalue weighted by atomic mass is 32.2. The maximum absolute atomic E-state index is 13.5. The summed E-state index contributed by atoms with van der Waals surface area (Å²) in [5.41, 5.74) is -2.02. The molecule has 8 atom stereocenters. The standard InChI is InChI=1S/C33H49NO10S/c1-21-17-23-24-12-14-33(40,32(24,3)19-26(36)30(23)31(2)13-11-22(35)18-25(21)31)27(37)20-44-29(39)10-8-6-5-7-9-28(38)34(4)15-16-45(41,42)43/h11,13,18,21,23-24,26,30,36,40H,5-10,12,14-17,19-20H2,1-4H3,(H,41,42,43)/p-1/t21-,23-,24-,26-,30+,31-,32-,33-/m0/s1. The molecule has 0 saturated heterocycles. The molecule has 0 radical (unpaired) electrons. The largest absolute Gasteiger partial charge is 0.748 e. The molecule has 4 aliphatic rings. The third-order valence-electron chi connectivity index (χ3n) is 11.4. The second-order valence-electron chi connectivity index (χ2n) is 14.2. The first-order chi connectivity index (χ1) is 20.9. The number of aliphatic hydroxyl groups excluding tert-OH is 1. The zero-order valence-electron chi connectivity index (χ0n) is 26.8. The molecule has 0 bridgehead atoms. The lowest BCUT2D eigenvalue weighted by molar-refractivity contribution is -0.182. The predicted octanol–water partition coefficient (Wildman–Crippen LogP) is 2.70. The summed E-state index contributed by atoms with van der Waals surface area (Å²) in [4.78, 5) is 51.3. The number of carbonyl (C=O) groups is 4. The van der Waals surface area contributed by atoms with E-state index in [9.17, 15) is 42.4 Å². The first kappa shape index (κ1) is 35.4. The van der Waals surface area contributed by atoms with Gasteiger partial charge >= 0.3 is 5.97 Å². The van der Waals surface area contributed by atoms with Gasteiger partial charge in [-0.25, -0.2) is 8.42 Å². The molecule has 4 rings (SSSR count). The van der Waals surface area contributed by atoms with E-state index in [0.717, 1.165) is 12.0 Å². The van der Waals surface area contributed by atoms with E-state index in [4.69, 9.17) is 4.74 Å². The fourth-order valence-electron chi connectivity index (χ4n) is 9.01. The topological polar surface area (TPSA) is 178 Å². The van der Waals surface area contributed by atoms with Gasteiger partial charge in [0.2, 0.25) is 11.7 Å². The van der Waals surface area contributed by atoms with Crippen LogP contribution in [0.15, 0.2) is 23.8 Å². The van der Waals surface area contributed by atoms with Crippen LogP contribution >= 0.6 is 0 Å². The lowest BCUT2D eigenvalue weighted by Crippen LogP contribution is -2.62. The SMILES string of the molecule is C[C@H]1C[C@@H]2[C@H]([C@@H](O)C[C@@]3(C)[C@H]2CC[C@]3(O)C(=O)COC(=O)CCCCCCC(=O)N(C)CCS(=O)(=O)[O-])[C@@]2(C)C=CC(=O)C=C12. The Labute approximate surface area is 266 Å². The number of rotatable bonds is 13. The molecule has 12 heteroatoms. The molecule has 2 N–H and O–H groups in total. The Bertz CT molecular complexity index is 1360. The van der Waals surface area contributed by atoms with Crippen molar-refractivity contribution in [3.8, 4) is 0 Å². The molecule has 3 saturated carbocycles. The van der Waals surface area contributed by atoms with Gasteiger partial charge in [0, 0.05) is 43.2 Å². The van der Waals surface area contributed by atoms with Crippen molar-refractivity contribution in [2.75, 3.05) is 26.0 Å². The van der Waals surface area contributed by atoms with Gasteiger partial charge < -0.3 is 24.4 Å². The quantitative estimate of drug-likeness (QED) is 0.171. The Balaban J connectivity index is 1.25. The van der Waals surface area contributed by atoms with Gasteiger partial charge in [0.25, 0.3) is 0 Å². The second-order valence-corrected chi connectivity index (χ2v) is 15.7. The predicted molar refractivity (Wildman–Crippen MR) is 163 cm³/mol. The minimum absolute atomic E-state index is 0.00574. The van der Waals surface area contributed by atoms with E-state index >= 15 is 0 Å². The van der Waals surface area contributed by atoms with Crippen molar-refractivity contribution in [2.45, 2.75) is 96.7 Å². The lowest BCUT2D eigenvalue weighted by atomic mass is 9.45. The van der Waals surface area contributed by atoms with Gasteiger partial charge in [-0.3, -0.25) is 19.2 Å². The molecule has 0 unspecified atom stereocenters. The Morgan fingerprint density at radius 2 is 1.80 bits per heavy atom. The summed E-state index contributed by atoms with van der Waals surface area (Å²) in [6.45, 7) is 5.39. The molecule has 0 spiro atoms. The monoisotopic (exact) mass is 650 g/mol. The van der Waals surface area contributed by atoms with Gasteiger partial charge in [-0.05, 0) is 68.4 Å². The van der Waals surface area contributed by atoms with E-state index in [0.29, 0.717) is 32.1 Å². The molecule has 0 aliphatic heterocycles. The van der Waals surface area contributed by atoms with Crippen LogP contribution in [0.4, 0.5) is 0 Å². The number of hydrogen-bond acceptors (Lipinski definition) is 10. The minimum atomic E-state index is -4.38. The van der Waals surface area contributed by atoms with Crippen molar-refractivity contribution in [1.82, 2.24) is 4.90 Å². The van der Waals surface area contributed by atoms with Gasteiger partial charge in [0.1, 0.15) is 5.60 Å². The van der Waals surface area contributed by atoms with E-state index < -0.39 is 56.8 Å². The number of unbranched alkanes of at least 4 members (excludes halogenated alkanes) is 3. The maximum atomic E-state index is 13.5. The number of carbonyl (C=O) groups excluding carboxylic acids is 4. The van der Waals surface area contributed by atoms with Crippen molar-refractivity contribution < 1.29 is 47.1 Å². The summed E-state index contributed by atoms with van der Waals surface area (Å²) in [6.07, 6.45) is 8.97. The van der Waals surface area contributed by atoms with Gasteiger partial charge in [-0.15, -0.1) is 0 Å². The maximum Gasteiger partial charge on any atom is 0.306 e. The van der Waals surface area contributed by atoms with Gasteiger partial charge in [-0.1, -0.05) is 45.3 Å². The lowest BCUT2D eigenvalue weighted by Gasteiger charge is -2.60. The molecule has 0 aromatic rings. The molecule has 0 aromatic carbocycles. The number of esters is 1. The summed E-state index contributed by atoms with van der Waals surface area (Å²) in [5.74, 6) is -1.95. The highest BCUT2D eigenvalue weighted by molar-refractivity contribution is 7.85. The summed E-state index contributed by atoms with van der Waals surface area (Å²) in [7, 11) is -2.93. The third kappa shape index (κ3) is 7.13. The zero-order chi connectivity index (χ0) is 33.4. The van der Waals surface area contributed by atoms with Crippen LogP contribution in [-0.4, -0.2) is 89.2 Å². The molecule has 0 aromatic heterocycles. The third-order valence-corrected chi connectivity index (χ3v) is 12.1. The number of hydrogen-bond donors (Lipinski definition) is 2. The fourth-order valence-corrected chi connectivity index (χ4v) is 9.51. The van der Waals surface area contributed by atoms with Crippen LogP contribution in [0.3, 0.4) is 0 Å². The number of fused-ring (bicyclic) bond motifs is 5. The molecular weight excluding hydrogens is 602 g/mol. The van der Waals surface area contributed by atoms with E-state index in [1.165, 1.54) is 11.9 Å². The number of ketones is 2. The Morgan fingerprint density at radius 1 is 1.13 bits per heavy atom. The molecule has 252 valence electrons. The smallest absolute Gasteiger partial charge is 0.306 e. The van der Waals surface area contributed by atoms with Crippen LogP contribution in [0.2, 0.25) is 0 Å². The van der Waals surface area contributed by atoms with Crippen LogP contribution in [-0.2, 0) is 34.0 Å². The van der Waals surface area contributed by atoms with Crippen LogP contribution in [0.5, 0.6) is 0 Å². The van der Waals surface area contributed by atoms with E-state index in [1.54, 1.807) is 12.2 Å². The van der Waals surface area contributed by atoms with Crippen LogP contribution < -0.4 is 0 Å². The Kier molecular flexibility index (Phi) is 10.5. The number of allylic oxidation sites excluding steroid dienone is 4. The number of aliphatic hydroxyl groups is 2. The van der Waals surface area contributed by atoms with Crippen LogP contribution in [0, 0.1) is 34.5 Å². The van der Waals surface area contributed by atoms with Crippen molar-refractivity contribution in [2.24, 2.45) is 34.5 Å². The highest BCUT2D eigenvalue weighted by Gasteiger charge is 2.68. The van der Waals surface area contributed by atoms with Crippen LogP contribution in [0.1, 0.15) is 85.0 Å². The molecule has 1 amide bonds. The molecule has 0 heterocycles. The van der Waals surface area contributed by atoms with Crippen molar-refractivity contribution in [1.29, 1.82) is 0 Å². The summed E-state index contributed by atoms with van der Waals surface area (Å²) >= 11 is 0. The summed E-state index contributed by atoms with van der Waals surface area (Å²) in [5, 5.41) is 23.4. The normalized spacial score (nSPS) is 35.6. The average Bonchev–Trinajstić information content (AvgIpc) is 3.23. The van der Waals surface area contributed by atoms with E-state index in [2.05, 4.69) is 13.8 Å². The molecule has 11 nitrogen and oxygen atoms in total. The van der Waals surface area contributed by atoms with Crippen molar-refractivity contribution in [3.05, 3.63) is 23.8 Å². The van der Waals surface area contributed by atoms with Gasteiger partial charge in [0.05, 0.1) is 22.0 Å². The number of amides is 1. The van der Waals surface area contributed by atoms with Crippen molar-refractivity contribution in [3.63, 3.8) is 0 Å².